The Hall–Kier alpha value is -1.30. The first-order valence-electron chi connectivity index (χ1n) is 5.16. The van der Waals surface area contributed by atoms with E-state index < -0.39 is 0 Å². The maximum Gasteiger partial charge on any atom is 0.318 e. The van der Waals surface area contributed by atoms with Crippen LogP contribution in [0.15, 0.2) is 4.42 Å². The molecule has 0 bridgehead atoms. The predicted molar refractivity (Wildman–Crippen MR) is 58.4 cm³/mol. The van der Waals surface area contributed by atoms with Gasteiger partial charge in [0.25, 0.3) is 0 Å². The lowest BCUT2D eigenvalue weighted by Gasteiger charge is -2.14. The zero-order valence-corrected chi connectivity index (χ0v) is 9.70. The molecule has 16 heavy (non-hydrogen) atoms. The lowest BCUT2D eigenvalue weighted by Crippen LogP contribution is -2.33. The molecular weight excluding hydrogens is 232 g/mol. The van der Waals surface area contributed by atoms with Crippen LogP contribution in [0.5, 0.6) is 0 Å². The monoisotopic (exact) mass is 244 g/mol. The SMILES string of the molecule is CC(Cl)c1nnc(N2CCCNC(=O)C2)o1. The van der Waals surface area contributed by atoms with Gasteiger partial charge >= 0.3 is 6.01 Å². The molecule has 1 aliphatic rings. The summed E-state index contributed by atoms with van der Waals surface area (Å²) in [5.74, 6) is 0.345. The Kier molecular flexibility index (Phi) is 3.28. The number of anilines is 1. The number of rotatable bonds is 2. The molecule has 88 valence electrons. The Labute approximate surface area is 98.0 Å². The fraction of sp³-hybridized carbons (Fsp3) is 0.667. The van der Waals surface area contributed by atoms with Crippen molar-refractivity contribution in [3.63, 3.8) is 0 Å². The van der Waals surface area contributed by atoms with Crippen LogP contribution in [0, 0.1) is 0 Å². The lowest BCUT2D eigenvalue weighted by atomic mass is 10.4. The molecule has 1 amide bonds. The van der Waals surface area contributed by atoms with Crippen LogP contribution in [-0.4, -0.2) is 35.7 Å². The minimum Gasteiger partial charge on any atom is -0.406 e. The highest BCUT2D eigenvalue weighted by Gasteiger charge is 2.21. The normalized spacial score (nSPS) is 19.1. The van der Waals surface area contributed by atoms with Gasteiger partial charge in [0.05, 0.1) is 0 Å². The van der Waals surface area contributed by atoms with Crippen LogP contribution in [0.2, 0.25) is 0 Å². The molecule has 1 aliphatic heterocycles. The van der Waals surface area contributed by atoms with Crippen molar-refractivity contribution in [1.82, 2.24) is 15.5 Å². The second kappa shape index (κ2) is 4.69. The summed E-state index contributed by atoms with van der Waals surface area (Å²) in [5, 5.41) is 10.2. The minimum atomic E-state index is -0.318. The van der Waals surface area contributed by atoms with Gasteiger partial charge in [0, 0.05) is 13.1 Å². The molecule has 1 unspecified atom stereocenters. The number of aromatic nitrogens is 2. The third-order valence-electron chi connectivity index (χ3n) is 2.30. The number of nitrogens with one attached hydrogen (secondary N) is 1. The summed E-state index contributed by atoms with van der Waals surface area (Å²) >= 11 is 5.82. The second-order valence-corrected chi connectivity index (χ2v) is 4.32. The van der Waals surface area contributed by atoms with E-state index in [4.69, 9.17) is 16.0 Å². The predicted octanol–water partition coefficient (Wildman–Crippen LogP) is 0.696. The molecule has 1 N–H and O–H groups in total. The Morgan fingerprint density at radius 3 is 3.06 bits per heavy atom. The van der Waals surface area contributed by atoms with Gasteiger partial charge in [0.1, 0.15) is 11.9 Å². The van der Waals surface area contributed by atoms with Crippen LogP contribution < -0.4 is 10.2 Å². The molecule has 0 aromatic carbocycles. The maximum absolute atomic E-state index is 11.3. The van der Waals surface area contributed by atoms with E-state index in [0.29, 0.717) is 18.5 Å². The number of amides is 1. The number of carbonyl (C=O) groups excluding carboxylic acids is 1. The third kappa shape index (κ3) is 2.44. The van der Waals surface area contributed by atoms with Gasteiger partial charge in [-0.3, -0.25) is 4.79 Å². The number of hydrogen-bond donors (Lipinski definition) is 1. The minimum absolute atomic E-state index is 0.0313. The van der Waals surface area contributed by atoms with E-state index in [9.17, 15) is 4.79 Å². The highest BCUT2D eigenvalue weighted by atomic mass is 35.5. The molecule has 1 aromatic rings. The molecule has 0 aliphatic carbocycles. The lowest BCUT2D eigenvalue weighted by molar-refractivity contribution is -0.119. The van der Waals surface area contributed by atoms with E-state index in [1.807, 2.05) is 0 Å². The van der Waals surface area contributed by atoms with Gasteiger partial charge in [-0.2, -0.15) is 0 Å². The Morgan fingerprint density at radius 1 is 1.56 bits per heavy atom. The van der Waals surface area contributed by atoms with Crippen molar-refractivity contribution in [3.05, 3.63) is 5.89 Å². The van der Waals surface area contributed by atoms with E-state index in [2.05, 4.69) is 15.5 Å². The molecule has 1 fully saturated rings. The number of hydrogen-bond acceptors (Lipinski definition) is 5. The molecule has 0 spiro atoms. The zero-order valence-electron chi connectivity index (χ0n) is 8.94. The molecule has 0 saturated carbocycles. The van der Waals surface area contributed by atoms with Gasteiger partial charge < -0.3 is 14.6 Å². The largest absolute Gasteiger partial charge is 0.406 e. The molecule has 1 saturated heterocycles. The van der Waals surface area contributed by atoms with Crippen LogP contribution >= 0.6 is 11.6 Å². The van der Waals surface area contributed by atoms with Gasteiger partial charge in [0.15, 0.2) is 0 Å². The van der Waals surface area contributed by atoms with Crippen molar-refractivity contribution in [1.29, 1.82) is 0 Å². The van der Waals surface area contributed by atoms with E-state index in [-0.39, 0.29) is 17.8 Å². The van der Waals surface area contributed by atoms with Gasteiger partial charge in [-0.25, -0.2) is 0 Å². The van der Waals surface area contributed by atoms with Crippen molar-refractivity contribution in [2.45, 2.75) is 18.7 Å². The van der Waals surface area contributed by atoms with E-state index >= 15 is 0 Å². The number of halogens is 1. The quantitative estimate of drug-likeness (QED) is 0.776. The van der Waals surface area contributed by atoms with Crippen LogP contribution in [0.3, 0.4) is 0 Å². The highest BCUT2D eigenvalue weighted by Crippen LogP contribution is 2.21. The molecule has 1 aromatic heterocycles. The van der Waals surface area contributed by atoms with Gasteiger partial charge in [-0.1, -0.05) is 5.10 Å². The third-order valence-corrected chi connectivity index (χ3v) is 2.49. The molecular formula is C9H13ClN4O2. The first-order chi connectivity index (χ1) is 7.66. The molecule has 7 heteroatoms. The van der Waals surface area contributed by atoms with E-state index in [1.165, 1.54) is 0 Å². The molecule has 2 rings (SSSR count). The van der Waals surface area contributed by atoms with E-state index in [0.717, 1.165) is 13.0 Å². The van der Waals surface area contributed by atoms with Crippen molar-refractivity contribution in [3.8, 4) is 0 Å². The topological polar surface area (TPSA) is 71.3 Å². The van der Waals surface area contributed by atoms with Crippen LogP contribution in [0.25, 0.3) is 0 Å². The average molecular weight is 245 g/mol. The molecule has 2 heterocycles. The summed E-state index contributed by atoms with van der Waals surface area (Å²) in [6, 6.07) is 0.361. The average Bonchev–Trinajstić information content (AvgIpc) is 2.63. The van der Waals surface area contributed by atoms with Crippen LogP contribution in [0.1, 0.15) is 24.6 Å². The molecule has 0 radical (unpaired) electrons. The van der Waals surface area contributed by atoms with Gasteiger partial charge in [-0.05, 0) is 13.3 Å². The van der Waals surface area contributed by atoms with Crippen molar-refractivity contribution in [2.75, 3.05) is 24.5 Å². The first kappa shape index (κ1) is 11.2. The van der Waals surface area contributed by atoms with Crippen molar-refractivity contribution in [2.24, 2.45) is 0 Å². The van der Waals surface area contributed by atoms with Crippen molar-refractivity contribution >= 4 is 23.5 Å². The zero-order chi connectivity index (χ0) is 11.5. The first-order valence-corrected chi connectivity index (χ1v) is 5.59. The second-order valence-electron chi connectivity index (χ2n) is 3.66. The number of nitrogens with zero attached hydrogens (tertiary/aromatic N) is 3. The van der Waals surface area contributed by atoms with Crippen LogP contribution in [0.4, 0.5) is 6.01 Å². The van der Waals surface area contributed by atoms with E-state index in [1.54, 1.807) is 11.8 Å². The van der Waals surface area contributed by atoms with Crippen molar-refractivity contribution < 1.29 is 9.21 Å². The Morgan fingerprint density at radius 2 is 2.38 bits per heavy atom. The Bertz CT molecular complexity index is 379. The maximum atomic E-state index is 11.3. The number of carbonyl (C=O) groups is 1. The standard InChI is InChI=1S/C9H13ClN4O2/c1-6(10)8-12-13-9(16-8)14-4-2-3-11-7(15)5-14/h6H,2-5H2,1H3,(H,11,15). The smallest absolute Gasteiger partial charge is 0.318 e. The fourth-order valence-corrected chi connectivity index (χ4v) is 1.57. The summed E-state index contributed by atoms with van der Waals surface area (Å²) < 4.78 is 5.38. The summed E-state index contributed by atoms with van der Waals surface area (Å²) in [7, 11) is 0. The van der Waals surface area contributed by atoms with Gasteiger partial charge in [0.2, 0.25) is 11.8 Å². The number of alkyl halides is 1. The fourth-order valence-electron chi connectivity index (χ4n) is 1.48. The summed E-state index contributed by atoms with van der Waals surface area (Å²) in [4.78, 5) is 13.1. The summed E-state index contributed by atoms with van der Waals surface area (Å²) in [6.45, 7) is 3.41. The van der Waals surface area contributed by atoms with Crippen LogP contribution in [-0.2, 0) is 4.79 Å². The summed E-state index contributed by atoms with van der Waals surface area (Å²) in [6.07, 6.45) is 0.861. The highest BCUT2D eigenvalue weighted by molar-refractivity contribution is 6.20. The molecule has 6 nitrogen and oxygen atoms in total. The van der Waals surface area contributed by atoms with Gasteiger partial charge in [-0.15, -0.1) is 16.7 Å². The molecule has 1 atom stereocenters. The Balaban J connectivity index is 2.12. The summed E-state index contributed by atoms with van der Waals surface area (Å²) in [5.41, 5.74) is 0.